The molecule has 2 rings (SSSR count). The first-order chi connectivity index (χ1) is 9.01. The van der Waals surface area contributed by atoms with Crippen molar-refractivity contribution in [3.63, 3.8) is 0 Å². The van der Waals surface area contributed by atoms with Crippen molar-refractivity contribution in [2.45, 2.75) is 20.4 Å². The monoisotopic (exact) mass is 278 g/mol. The summed E-state index contributed by atoms with van der Waals surface area (Å²) in [4.78, 5) is 0. The summed E-state index contributed by atoms with van der Waals surface area (Å²) in [5.74, 6) is -0.294. The van der Waals surface area contributed by atoms with Gasteiger partial charge in [-0.25, -0.2) is 4.39 Å². The molecule has 2 aromatic rings. The van der Waals surface area contributed by atoms with Crippen LogP contribution in [0.4, 0.5) is 15.8 Å². The molecule has 0 aliphatic carbocycles. The summed E-state index contributed by atoms with van der Waals surface area (Å²) in [6.45, 7) is 4.24. The highest BCUT2D eigenvalue weighted by molar-refractivity contribution is 6.33. The predicted molar refractivity (Wildman–Crippen MR) is 78.5 cm³/mol. The second-order valence-corrected chi connectivity index (χ2v) is 4.98. The Kier molecular flexibility index (Phi) is 4.08. The molecule has 0 saturated carbocycles. The van der Waals surface area contributed by atoms with Crippen molar-refractivity contribution in [3.05, 3.63) is 57.9 Å². The van der Waals surface area contributed by atoms with E-state index in [-0.39, 0.29) is 12.4 Å². The molecule has 0 aliphatic rings. The van der Waals surface area contributed by atoms with E-state index in [2.05, 4.69) is 5.32 Å². The van der Waals surface area contributed by atoms with Crippen LogP contribution < -0.4 is 11.1 Å². The first-order valence-electron chi connectivity index (χ1n) is 6.03. The largest absolute Gasteiger partial charge is 0.354 e. The molecule has 4 heteroatoms. The van der Waals surface area contributed by atoms with Crippen molar-refractivity contribution < 1.29 is 4.39 Å². The van der Waals surface area contributed by atoms with Gasteiger partial charge in [-0.3, -0.25) is 0 Å². The highest BCUT2D eigenvalue weighted by Crippen LogP contribution is 2.31. The van der Waals surface area contributed by atoms with E-state index in [1.807, 2.05) is 26.0 Å². The van der Waals surface area contributed by atoms with Gasteiger partial charge in [-0.2, -0.15) is 0 Å². The van der Waals surface area contributed by atoms with Crippen molar-refractivity contribution in [1.82, 2.24) is 0 Å². The summed E-state index contributed by atoms with van der Waals surface area (Å²) in [7, 11) is 0. The number of halogens is 2. The third-order valence-corrected chi connectivity index (χ3v) is 3.28. The van der Waals surface area contributed by atoms with Crippen LogP contribution in [0.3, 0.4) is 0 Å². The molecular formula is C15H16ClFN2. The molecule has 0 amide bonds. The molecule has 0 saturated heterocycles. The third kappa shape index (κ3) is 3.06. The predicted octanol–water partition coefficient (Wildman–Crippen LogP) is 4.30. The Balaban J connectivity index is 2.42. The molecule has 100 valence electrons. The molecule has 2 nitrogen and oxygen atoms in total. The van der Waals surface area contributed by atoms with Crippen LogP contribution in [0.15, 0.2) is 30.3 Å². The number of benzene rings is 2. The molecule has 0 radical (unpaired) electrons. The van der Waals surface area contributed by atoms with E-state index in [0.717, 1.165) is 28.1 Å². The first-order valence-corrected chi connectivity index (χ1v) is 6.41. The number of nitrogens with two attached hydrogens (primary N) is 1. The average molecular weight is 279 g/mol. The maximum absolute atomic E-state index is 13.2. The van der Waals surface area contributed by atoms with Gasteiger partial charge in [-0.1, -0.05) is 17.7 Å². The zero-order valence-corrected chi connectivity index (χ0v) is 11.7. The Labute approximate surface area is 117 Å². The lowest BCUT2D eigenvalue weighted by Gasteiger charge is -2.15. The molecule has 0 bridgehead atoms. The summed E-state index contributed by atoms with van der Waals surface area (Å²) in [5.41, 5.74) is 10.1. The number of rotatable bonds is 3. The molecule has 19 heavy (non-hydrogen) atoms. The number of hydrogen-bond acceptors (Lipinski definition) is 2. The lowest BCUT2D eigenvalue weighted by Crippen LogP contribution is -2.04. The minimum absolute atomic E-state index is 0.266. The van der Waals surface area contributed by atoms with Gasteiger partial charge in [0.2, 0.25) is 0 Å². The normalized spacial score (nSPS) is 10.6. The van der Waals surface area contributed by atoms with Gasteiger partial charge in [0.1, 0.15) is 5.82 Å². The van der Waals surface area contributed by atoms with Gasteiger partial charge in [-0.15, -0.1) is 0 Å². The molecule has 0 aliphatic heterocycles. The fraction of sp³-hybridized carbons (Fsp3) is 0.200. The fourth-order valence-corrected chi connectivity index (χ4v) is 2.43. The van der Waals surface area contributed by atoms with Crippen LogP contribution in [0.5, 0.6) is 0 Å². The van der Waals surface area contributed by atoms with Crippen LogP contribution in [-0.4, -0.2) is 0 Å². The Morgan fingerprint density at radius 1 is 1.21 bits per heavy atom. The van der Waals surface area contributed by atoms with E-state index in [0.29, 0.717) is 5.02 Å². The summed E-state index contributed by atoms with van der Waals surface area (Å²) < 4.78 is 13.2. The molecule has 0 heterocycles. The van der Waals surface area contributed by atoms with Crippen molar-refractivity contribution in [2.24, 2.45) is 5.73 Å². The molecule has 0 fully saturated rings. The van der Waals surface area contributed by atoms with Gasteiger partial charge in [0.25, 0.3) is 0 Å². The third-order valence-electron chi connectivity index (χ3n) is 2.98. The highest BCUT2D eigenvalue weighted by atomic mass is 35.5. The van der Waals surface area contributed by atoms with Crippen LogP contribution in [0.2, 0.25) is 5.02 Å². The van der Waals surface area contributed by atoms with Crippen LogP contribution in [-0.2, 0) is 6.54 Å². The van der Waals surface area contributed by atoms with Gasteiger partial charge >= 0.3 is 0 Å². The minimum atomic E-state index is -0.294. The van der Waals surface area contributed by atoms with E-state index in [1.165, 1.54) is 12.1 Å². The van der Waals surface area contributed by atoms with Gasteiger partial charge in [0, 0.05) is 12.2 Å². The zero-order valence-electron chi connectivity index (χ0n) is 10.9. The van der Waals surface area contributed by atoms with E-state index in [9.17, 15) is 4.39 Å². The van der Waals surface area contributed by atoms with Gasteiger partial charge in [0.15, 0.2) is 0 Å². The maximum atomic E-state index is 13.2. The fourth-order valence-electron chi connectivity index (χ4n) is 2.06. The summed E-state index contributed by atoms with van der Waals surface area (Å²) in [5, 5.41) is 3.88. The Morgan fingerprint density at radius 2 is 1.95 bits per heavy atom. The van der Waals surface area contributed by atoms with E-state index >= 15 is 0 Å². The van der Waals surface area contributed by atoms with Crippen LogP contribution in [0.25, 0.3) is 0 Å². The van der Waals surface area contributed by atoms with Gasteiger partial charge < -0.3 is 11.1 Å². The lowest BCUT2D eigenvalue weighted by molar-refractivity contribution is 0.626. The summed E-state index contributed by atoms with van der Waals surface area (Å²) in [6, 6.07) is 8.44. The molecule has 0 aromatic heterocycles. The summed E-state index contributed by atoms with van der Waals surface area (Å²) in [6.07, 6.45) is 0. The van der Waals surface area contributed by atoms with E-state index in [4.69, 9.17) is 17.3 Å². The SMILES string of the molecule is Cc1cc(C)c(Nc2ccc(F)cc2CN)c(Cl)c1. The van der Waals surface area contributed by atoms with Crippen molar-refractivity contribution in [1.29, 1.82) is 0 Å². The van der Waals surface area contributed by atoms with Crippen molar-refractivity contribution >= 4 is 23.0 Å². The van der Waals surface area contributed by atoms with E-state index in [1.54, 1.807) is 6.07 Å². The van der Waals surface area contributed by atoms with Crippen molar-refractivity contribution in [3.8, 4) is 0 Å². The Bertz CT molecular complexity index is 588. The summed E-state index contributed by atoms with van der Waals surface area (Å²) >= 11 is 6.24. The highest BCUT2D eigenvalue weighted by Gasteiger charge is 2.08. The molecule has 0 atom stereocenters. The van der Waals surface area contributed by atoms with Crippen LogP contribution in [0, 0.1) is 19.7 Å². The Hall–Kier alpha value is -1.58. The smallest absolute Gasteiger partial charge is 0.123 e. The number of nitrogens with one attached hydrogen (secondary N) is 1. The maximum Gasteiger partial charge on any atom is 0.123 e. The first kappa shape index (κ1) is 13.8. The van der Waals surface area contributed by atoms with Gasteiger partial charge in [-0.05, 0) is 54.8 Å². The van der Waals surface area contributed by atoms with Crippen LogP contribution in [0.1, 0.15) is 16.7 Å². The Morgan fingerprint density at radius 3 is 2.58 bits per heavy atom. The quantitative estimate of drug-likeness (QED) is 0.878. The molecule has 3 N–H and O–H groups in total. The topological polar surface area (TPSA) is 38.0 Å². The van der Waals surface area contributed by atoms with Crippen molar-refractivity contribution in [2.75, 3.05) is 5.32 Å². The number of hydrogen-bond donors (Lipinski definition) is 2. The number of anilines is 2. The minimum Gasteiger partial charge on any atom is -0.354 e. The van der Waals surface area contributed by atoms with Gasteiger partial charge in [0.05, 0.1) is 10.7 Å². The second-order valence-electron chi connectivity index (χ2n) is 4.57. The molecular weight excluding hydrogens is 263 g/mol. The number of aryl methyl sites for hydroxylation is 2. The zero-order chi connectivity index (χ0) is 14.0. The average Bonchev–Trinajstić information content (AvgIpc) is 2.35. The second kappa shape index (κ2) is 5.59. The lowest BCUT2D eigenvalue weighted by atomic mass is 10.1. The molecule has 2 aromatic carbocycles. The standard InChI is InChI=1S/C15H16ClFN2/c1-9-5-10(2)15(13(16)6-9)19-14-4-3-12(17)7-11(14)8-18/h3-7,19H,8,18H2,1-2H3. The molecule has 0 spiro atoms. The van der Waals surface area contributed by atoms with E-state index < -0.39 is 0 Å². The molecule has 0 unspecified atom stereocenters. The van der Waals surface area contributed by atoms with Crippen LogP contribution >= 0.6 is 11.6 Å².